The number of para-hydroxylation sites is 1. The Morgan fingerprint density at radius 1 is 0.967 bits per heavy atom. The number of anilines is 1. The lowest BCUT2D eigenvalue weighted by atomic mass is 10.0. The van der Waals surface area contributed by atoms with Gasteiger partial charge in [0, 0.05) is 15.5 Å². The lowest BCUT2D eigenvalue weighted by Crippen LogP contribution is -2.18. The molecule has 0 unspecified atom stereocenters. The summed E-state index contributed by atoms with van der Waals surface area (Å²) in [6, 6.07) is 17.7. The summed E-state index contributed by atoms with van der Waals surface area (Å²) >= 11 is 2.81. The van der Waals surface area contributed by atoms with E-state index >= 15 is 0 Å². The van der Waals surface area contributed by atoms with Crippen molar-refractivity contribution in [3.05, 3.63) is 77.0 Å². The van der Waals surface area contributed by atoms with Crippen molar-refractivity contribution in [2.24, 2.45) is 5.73 Å². The molecular weight excluding hydrogens is 414 g/mol. The fraction of sp³-hybridized carbons (Fsp3) is 0.174. The highest BCUT2D eigenvalue weighted by Gasteiger charge is 2.18. The lowest BCUT2D eigenvalue weighted by molar-refractivity contribution is -0.113. The van der Waals surface area contributed by atoms with Gasteiger partial charge in [-0.25, -0.2) is 4.98 Å². The Kier molecular flexibility index (Phi) is 7.18. The molecule has 0 aliphatic carbocycles. The molecule has 154 valence electrons. The first-order chi connectivity index (χ1) is 14.4. The van der Waals surface area contributed by atoms with Crippen LogP contribution in [0.1, 0.15) is 27.2 Å². The molecule has 0 bridgehead atoms. The van der Waals surface area contributed by atoms with Crippen LogP contribution in [0.3, 0.4) is 0 Å². The quantitative estimate of drug-likeness (QED) is 0.509. The van der Waals surface area contributed by atoms with Crippen molar-refractivity contribution >= 4 is 41.0 Å². The predicted molar refractivity (Wildman–Crippen MR) is 123 cm³/mol. The van der Waals surface area contributed by atoms with E-state index < -0.39 is 5.91 Å². The van der Waals surface area contributed by atoms with E-state index in [2.05, 4.69) is 10.3 Å². The SMILES string of the molecule is Cc1nc(SCC(=O)Nc2ccccc2Sc2ccccc2)c(C(N)=O)c(C)c1C. The number of primary amides is 1. The van der Waals surface area contributed by atoms with Gasteiger partial charge in [0.2, 0.25) is 5.91 Å². The molecule has 3 rings (SSSR count). The summed E-state index contributed by atoms with van der Waals surface area (Å²) in [7, 11) is 0. The van der Waals surface area contributed by atoms with Crippen molar-refractivity contribution < 1.29 is 9.59 Å². The number of thioether (sulfide) groups is 1. The smallest absolute Gasteiger partial charge is 0.251 e. The Labute approximate surface area is 184 Å². The number of hydrogen-bond acceptors (Lipinski definition) is 5. The Balaban J connectivity index is 1.73. The number of hydrogen-bond donors (Lipinski definition) is 2. The van der Waals surface area contributed by atoms with Gasteiger partial charge in [-0.1, -0.05) is 53.9 Å². The van der Waals surface area contributed by atoms with Crippen LogP contribution in [0.2, 0.25) is 0 Å². The number of carbonyl (C=O) groups excluding carboxylic acids is 2. The number of nitrogens with one attached hydrogen (secondary N) is 1. The minimum Gasteiger partial charge on any atom is -0.366 e. The molecule has 1 heterocycles. The van der Waals surface area contributed by atoms with Gasteiger partial charge in [-0.2, -0.15) is 0 Å². The number of benzene rings is 2. The van der Waals surface area contributed by atoms with E-state index in [4.69, 9.17) is 5.73 Å². The number of aryl methyl sites for hydroxylation is 1. The van der Waals surface area contributed by atoms with Crippen LogP contribution in [0.5, 0.6) is 0 Å². The fourth-order valence-corrected chi connectivity index (χ4v) is 4.76. The highest BCUT2D eigenvalue weighted by atomic mass is 32.2. The third-order valence-corrected chi connectivity index (χ3v) is 6.74. The Morgan fingerprint density at radius 2 is 1.63 bits per heavy atom. The first-order valence-electron chi connectivity index (χ1n) is 9.39. The molecule has 3 N–H and O–H groups in total. The number of nitrogens with zero attached hydrogens (tertiary/aromatic N) is 1. The molecule has 0 fully saturated rings. The summed E-state index contributed by atoms with van der Waals surface area (Å²) in [5.74, 6) is -0.579. The normalized spacial score (nSPS) is 10.6. The van der Waals surface area contributed by atoms with Gasteiger partial charge in [0.05, 0.1) is 17.0 Å². The summed E-state index contributed by atoms with van der Waals surface area (Å²) in [6.07, 6.45) is 0. The molecule has 30 heavy (non-hydrogen) atoms. The standard InChI is InChI=1S/C23H23N3O2S2/c1-14-15(2)21(22(24)28)23(25-16(14)3)29-13-20(27)26-18-11-7-8-12-19(18)30-17-9-5-4-6-10-17/h4-12H,13H2,1-3H3,(H2,24,28)(H,26,27). The molecule has 0 saturated carbocycles. The van der Waals surface area contributed by atoms with Gasteiger partial charge in [-0.15, -0.1) is 0 Å². The van der Waals surface area contributed by atoms with Crippen molar-refractivity contribution in [2.45, 2.75) is 35.6 Å². The third kappa shape index (κ3) is 5.23. The maximum absolute atomic E-state index is 12.6. The first kappa shape index (κ1) is 21.9. The van der Waals surface area contributed by atoms with Gasteiger partial charge in [-0.05, 0) is 56.2 Å². The Bertz CT molecular complexity index is 1090. The first-order valence-corrected chi connectivity index (χ1v) is 11.2. The molecule has 0 radical (unpaired) electrons. The third-order valence-electron chi connectivity index (χ3n) is 4.68. The van der Waals surface area contributed by atoms with Crippen LogP contribution >= 0.6 is 23.5 Å². The molecule has 2 aromatic carbocycles. The van der Waals surface area contributed by atoms with E-state index in [1.807, 2.05) is 75.4 Å². The predicted octanol–water partition coefficient (Wildman–Crippen LogP) is 4.99. The van der Waals surface area contributed by atoms with Crippen LogP contribution in [0.25, 0.3) is 0 Å². The zero-order valence-electron chi connectivity index (χ0n) is 17.1. The van der Waals surface area contributed by atoms with Gasteiger partial charge in [0.15, 0.2) is 0 Å². The topological polar surface area (TPSA) is 85.1 Å². The molecule has 0 aliphatic rings. The zero-order chi connectivity index (χ0) is 21.7. The number of pyridine rings is 1. The van der Waals surface area contributed by atoms with Crippen LogP contribution in [-0.2, 0) is 4.79 Å². The van der Waals surface area contributed by atoms with Crippen LogP contribution in [0, 0.1) is 20.8 Å². The van der Waals surface area contributed by atoms with Crippen LogP contribution in [0.15, 0.2) is 69.4 Å². The molecule has 5 nitrogen and oxygen atoms in total. The Morgan fingerprint density at radius 3 is 2.33 bits per heavy atom. The van der Waals surface area contributed by atoms with E-state index in [9.17, 15) is 9.59 Å². The summed E-state index contributed by atoms with van der Waals surface area (Å²) in [5, 5.41) is 3.46. The molecular formula is C23H23N3O2S2. The van der Waals surface area contributed by atoms with E-state index in [1.54, 1.807) is 11.8 Å². The van der Waals surface area contributed by atoms with Gasteiger partial charge in [-0.3, -0.25) is 9.59 Å². The van der Waals surface area contributed by atoms with E-state index in [0.29, 0.717) is 10.6 Å². The molecule has 0 spiro atoms. The number of amides is 2. The Hall–Kier alpha value is -2.77. The van der Waals surface area contributed by atoms with E-state index in [1.165, 1.54) is 11.8 Å². The van der Waals surface area contributed by atoms with Gasteiger partial charge < -0.3 is 11.1 Å². The van der Waals surface area contributed by atoms with Crippen molar-refractivity contribution in [3.8, 4) is 0 Å². The van der Waals surface area contributed by atoms with E-state index in [0.717, 1.165) is 32.3 Å². The minimum atomic E-state index is -0.532. The molecule has 7 heteroatoms. The van der Waals surface area contributed by atoms with Crippen LogP contribution in [0.4, 0.5) is 5.69 Å². The molecule has 0 saturated heterocycles. The van der Waals surface area contributed by atoms with Gasteiger partial charge in [0.25, 0.3) is 5.91 Å². The summed E-state index contributed by atoms with van der Waals surface area (Å²) in [5.41, 5.74) is 9.26. The maximum Gasteiger partial charge on any atom is 0.251 e. The number of nitrogens with two attached hydrogens (primary N) is 1. The van der Waals surface area contributed by atoms with Crippen LogP contribution < -0.4 is 11.1 Å². The van der Waals surface area contributed by atoms with Crippen molar-refractivity contribution in [1.82, 2.24) is 4.98 Å². The number of aromatic nitrogens is 1. The minimum absolute atomic E-state index is 0.125. The number of carbonyl (C=O) groups is 2. The van der Waals surface area contributed by atoms with Crippen LogP contribution in [-0.4, -0.2) is 22.6 Å². The molecule has 0 atom stereocenters. The largest absolute Gasteiger partial charge is 0.366 e. The second-order valence-electron chi connectivity index (χ2n) is 6.74. The van der Waals surface area contributed by atoms with E-state index in [-0.39, 0.29) is 11.7 Å². The van der Waals surface area contributed by atoms with Gasteiger partial charge >= 0.3 is 0 Å². The maximum atomic E-state index is 12.6. The summed E-state index contributed by atoms with van der Waals surface area (Å²) in [6.45, 7) is 5.65. The molecule has 1 aromatic heterocycles. The molecule has 2 amide bonds. The van der Waals surface area contributed by atoms with Crippen molar-refractivity contribution in [3.63, 3.8) is 0 Å². The summed E-state index contributed by atoms with van der Waals surface area (Å²) in [4.78, 5) is 31.1. The highest BCUT2D eigenvalue weighted by Crippen LogP contribution is 2.33. The average Bonchev–Trinajstić information content (AvgIpc) is 2.72. The van der Waals surface area contributed by atoms with Crippen molar-refractivity contribution in [2.75, 3.05) is 11.1 Å². The zero-order valence-corrected chi connectivity index (χ0v) is 18.7. The summed E-state index contributed by atoms with van der Waals surface area (Å²) < 4.78 is 0. The lowest BCUT2D eigenvalue weighted by Gasteiger charge is -2.14. The molecule has 0 aliphatic heterocycles. The second-order valence-corrected chi connectivity index (χ2v) is 8.82. The fourth-order valence-electron chi connectivity index (χ4n) is 2.90. The number of rotatable bonds is 7. The van der Waals surface area contributed by atoms with Crippen molar-refractivity contribution in [1.29, 1.82) is 0 Å². The second kappa shape index (κ2) is 9.82. The highest BCUT2D eigenvalue weighted by molar-refractivity contribution is 8.00. The van der Waals surface area contributed by atoms with Gasteiger partial charge in [0.1, 0.15) is 5.03 Å². The monoisotopic (exact) mass is 437 g/mol. The average molecular weight is 438 g/mol. The molecule has 3 aromatic rings.